The molecule has 1 amide bonds. The molecule has 1 spiro atoms. The summed E-state index contributed by atoms with van der Waals surface area (Å²) in [6.45, 7) is 2.98. The van der Waals surface area contributed by atoms with Gasteiger partial charge in [-0.2, -0.15) is 5.10 Å². The number of fused-ring (bicyclic) bond motifs is 2. The van der Waals surface area contributed by atoms with Crippen molar-refractivity contribution in [3.8, 4) is 5.75 Å². The highest BCUT2D eigenvalue weighted by Crippen LogP contribution is 2.51. The monoisotopic (exact) mass is 522 g/mol. The number of phenols is 1. The number of aromatic hydroxyl groups is 1. The number of carbonyl (C=O) groups excluding carboxylic acids is 1. The van der Waals surface area contributed by atoms with E-state index in [0.717, 1.165) is 72.9 Å². The Labute approximate surface area is 225 Å². The molecule has 0 radical (unpaired) electrons. The van der Waals surface area contributed by atoms with E-state index >= 15 is 0 Å². The van der Waals surface area contributed by atoms with E-state index in [2.05, 4.69) is 38.2 Å². The van der Waals surface area contributed by atoms with Crippen molar-refractivity contribution in [3.05, 3.63) is 59.3 Å². The lowest BCUT2D eigenvalue weighted by molar-refractivity contribution is -0.118. The van der Waals surface area contributed by atoms with Gasteiger partial charge in [-0.25, -0.2) is 9.97 Å². The molecule has 1 saturated heterocycles. The molecule has 8 rings (SSSR count). The summed E-state index contributed by atoms with van der Waals surface area (Å²) in [4.78, 5) is 28.7. The molecule has 1 atom stereocenters. The summed E-state index contributed by atoms with van der Waals surface area (Å²) in [5.41, 5.74) is 13.7. The molecule has 198 valence electrons. The predicted octanol–water partition coefficient (Wildman–Crippen LogP) is 3.33. The van der Waals surface area contributed by atoms with Crippen LogP contribution in [0.1, 0.15) is 42.0 Å². The average molecular weight is 523 g/mol. The van der Waals surface area contributed by atoms with Crippen molar-refractivity contribution in [3.63, 3.8) is 0 Å². The minimum absolute atomic E-state index is 0.0175. The minimum atomic E-state index is -0.0648. The van der Waals surface area contributed by atoms with Crippen LogP contribution in [0.2, 0.25) is 0 Å². The zero-order chi connectivity index (χ0) is 26.3. The van der Waals surface area contributed by atoms with Crippen LogP contribution >= 0.6 is 0 Å². The van der Waals surface area contributed by atoms with Crippen LogP contribution in [0.25, 0.3) is 11.2 Å². The predicted molar refractivity (Wildman–Crippen MR) is 148 cm³/mol. The second-order valence-electron chi connectivity index (χ2n) is 11.3. The number of amides is 1. The number of aryl methyl sites for hydroxylation is 1. The number of anilines is 4. The van der Waals surface area contributed by atoms with Gasteiger partial charge in [0.2, 0.25) is 5.91 Å². The Balaban J connectivity index is 1.05. The first-order chi connectivity index (χ1) is 19.0. The van der Waals surface area contributed by atoms with E-state index in [4.69, 9.17) is 15.7 Å². The van der Waals surface area contributed by atoms with Gasteiger partial charge in [0.15, 0.2) is 17.0 Å². The fourth-order valence-electron chi connectivity index (χ4n) is 7.23. The van der Waals surface area contributed by atoms with Crippen LogP contribution in [-0.2, 0) is 17.6 Å². The third-order valence-corrected chi connectivity index (χ3v) is 9.36. The van der Waals surface area contributed by atoms with Gasteiger partial charge in [-0.15, -0.1) is 0 Å². The lowest BCUT2D eigenvalue weighted by Crippen LogP contribution is -2.45. The lowest BCUT2D eigenvalue weighted by atomic mass is 9.73. The van der Waals surface area contributed by atoms with Crippen molar-refractivity contribution < 1.29 is 9.90 Å². The number of nitrogens with one attached hydrogen (secondary N) is 1. The van der Waals surface area contributed by atoms with Gasteiger partial charge < -0.3 is 25.5 Å². The molecular weight excluding hydrogens is 492 g/mol. The molecule has 1 aliphatic carbocycles. The van der Waals surface area contributed by atoms with Crippen molar-refractivity contribution in [1.82, 2.24) is 20.2 Å². The quantitative estimate of drug-likeness (QED) is 0.366. The second kappa shape index (κ2) is 8.16. The molecule has 5 heterocycles. The fraction of sp³-hybridized carbons (Fsp3) is 0.379. The van der Waals surface area contributed by atoms with Crippen LogP contribution in [-0.4, -0.2) is 57.4 Å². The minimum Gasteiger partial charge on any atom is -0.508 e. The van der Waals surface area contributed by atoms with Gasteiger partial charge in [-0.3, -0.25) is 9.89 Å². The summed E-state index contributed by atoms with van der Waals surface area (Å²) in [5.74, 6) is 2.05. The molecule has 2 aromatic heterocycles. The summed E-state index contributed by atoms with van der Waals surface area (Å²) >= 11 is 0. The van der Waals surface area contributed by atoms with E-state index in [9.17, 15) is 9.90 Å². The van der Waals surface area contributed by atoms with Gasteiger partial charge in [-0.05, 0) is 66.0 Å². The zero-order valence-corrected chi connectivity index (χ0v) is 21.6. The van der Waals surface area contributed by atoms with Crippen molar-refractivity contribution in [2.24, 2.45) is 11.1 Å². The number of nitrogens with zero attached hydrogens (tertiary/aromatic N) is 6. The number of aromatic amines is 1. The topological polar surface area (TPSA) is 128 Å². The third-order valence-electron chi connectivity index (χ3n) is 9.36. The standard InChI is InChI=1S/C29H30N8O2/c30-26-20-14-19(38)6-4-18(20)15-29(26)8-10-35(11-9-29)22-16-31-24-27(32-22)33-34-28(24)36-12-13-37-23(39)7-5-17-2-1-3-21(36)25(17)37/h1-4,6,14,16,26,38H,5,7-13,15,30H2,(H,32,33,34)/t26-/m1/s1. The number of benzene rings is 2. The number of hydrogen-bond donors (Lipinski definition) is 3. The number of H-pyrrole nitrogens is 1. The van der Waals surface area contributed by atoms with Crippen molar-refractivity contribution >= 4 is 40.1 Å². The number of hydrogen-bond acceptors (Lipinski definition) is 8. The molecule has 0 saturated carbocycles. The first-order valence-electron chi connectivity index (χ1n) is 13.7. The Morgan fingerprint density at radius 1 is 1.03 bits per heavy atom. The van der Waals surface area contributed by atoms with Crippen molar-refractivity contribution in [1.29, 1.82) is 0 Å². The van der Waals surface area contributed by atoms with Gasteiger partial charge in [0.1, 0.15) is 11.6 Å². The number of rotatable bonds is 2. The van der Waals surface area contributed by atoms with Crippen LogP contribution in [0, 0.1) is 5.41 Å². The highest BCUT2D eigenvalue weighted by molar-refractivity contribution is 6.03. The number of carbonyl (C=O) groups is 1. The molecule has 1 fully saturated rings. The van der Waals surface area contributed by atoms with E-state index in [1.807, 2.05) is 23.2 Å². The average Bonchev–Trinajstić information content (AvgIpc) is 3.49. The molecule has 3 aliphatic heterocycles. The first-order valence-corrected chi connectivity index (χ1v) is 13.7. The molecule has 10 nitrogen and oxygen atoms in total. The van der Waals surface area contributed by atoms with Crippen LogP contribution in [0.15, 0.2) is 42.6 Å². The summed E-state index contributed by atoms with van der Waals surface area (Å²) in [5, 5.41) is 17.7. The summed E-state index contributed by atoms with van der Waals surface area (Å²) in [7, 11) is 0. The van der Waals surface area contributed by atoms with E-state index in [1.54, 1.807) is 6.07 Å². The van der Waals surface area contributed by atoms with Gasteiger partial charge in [0, 0.05) is 38.6 Å². The highest BCUT2D eigenvalue weighted by atomic mass is 16.3. The van der Waals surface area contributed by atoms with Crippen LogP contribution in [0.5, 0.6) is 5.75 Å². The molecule has 4 aromatic rings. The maximum Gasteiger partial charge on any atom is 0.227 e. The molecule has 0 unspecified atom stereocenters. The fourth-order valence-corrected chi connectivity index (χ4v) is 7.23. The summed E-state index contributed by atoms with van der Waals surface area (Å²) in [6, 6.07) is 11.8. The Morgan fingerprint density at radius 3 is 2.74 bits per heavy atom. The van der Waals surface area contributed by atoms with E-state index in [1.165, 1.54) is 11.1 Å². The second-order valence-corrected chi connectivity index (χ2v) is 11.3. The number of nitrogens with two attached hydrogens (primary N) is 1. The normalized spacial score (nSPS) is 21.5. The van der Waals surface area contributed by atoms with Gasteiger partial charge in [0.25, 0.3) is 0 Å². The van der Waals surface area contributed by atoms with Crippen LogP contribution < -0.4 is 20.4 Å². The van der Waals surface area contributed by atoms with Crippen molar-refractivity contribution in [2.45, 2.75) is 38.1 Å². The highest BCUT2D eigenvalue weighted by Gasteiger charge is 2.46. The molecule has 10 heteroatoms. The molecule has 2 aromatic carbocycles. The van der Waals surface area contributed by atoms with E-state index < -0.39 is 0 Å². The summed E-state index contributed by atoms with van der Waals surface area (Å²) in [6.07, 6.45) is 6.05. The Bertz CT molecular complexity index is 1640. The molecule has 4 N–H and O–H groups in total. The van der Waals surface area contributed by atoms with E-state index in [0.29, 0.717) is 25.2 Å². The van der Waals surface area contributed by atoms with Crippen molar-refractivity contribution in [2.75, 3.05) is 40.9 Å². The van der Waals surface area contributed by atoms with Gasteiger partial charge in [-0.1, -0.05) is 18.2 Å². The zero-order valence-electron chi connectivity index (χ0n) is 21.6. The largest absolute Gasteiger partial charge is 0.508 e. The number of phenolic OH excluding ortho intramolecular Hbond substituents is 1. The van der Waals surface area contributed by atoms with Gasteiger partial charge >= 0.3 is 0 Å². The Hall–Kier alpha value is -4.18. The Morgan fingerprint density at radius 2 is 1.87 bits per heavy atom. The third kappa shape index (κ3) is 3.30. The number of aromatic nitrogens is 4. The van der Waals surface area contributed by atoms with Gasteiger partial charge in [0.05, 0.1) is 17.6 Å². The maximum atomic E-state index is 12.6. The van der Waals surface area contributed by atoms with Crippen LogP contribution in [0.3, 0.4) is 0 Å². The first kappa shape index (κ1) is 22.8. The molecule has 0 bridgehead atoms. The number of para-hydroxylation sites is 1. The maximum absolute atomic E-state index is 12.6. The smallest absolute Gasteiger partial charge is 0.227 e. The number of piperidine rings is 1. The lowest BCUT2D eigenvalue weighted by Gasteiger charge is -2.42. The Kier molecular flexibility index (Phi) is 4.76. The molecule has 4 aliphatic rings. The summed E-state index contributed by atoms with van der Waals surface area (Å²) < 4.78 is 0. The molecule has 39 heavy (non-hydrogen) atoms. The van der Waals surface area contributed by atoms with Crippen LogP contribution in [0.4, 0.5) is 23.0 Å². The SMILES string of the molecule is N[C@@H]1c2cc(O)ccc2CC12CCN(c1cnc3c(N4CCN5C(=O)CCc6cccc4c65)n[nH]c3n1)CC2. The van der Waals surface area contributed by atoms with E-state index in [-0.39, 0.29) is 23.1 Å². The molecular formula is C29H30N8O2.